The minimum absolute atomic E-state index is 0.129. The lowest BCUT2D eigenvalue weighted by molar-refractivity contribution is -0.395. The van der Waals surface area contributed by atoms with E-state index in [0.29, 0.717) is 18.2 Å². The highest BCUT2D eigenvalue weighted by Crippen LogP contribution is 2.47. The summed E-state index contributed by atoms with van der Waals surface area (Å²) in [6.45, 7) is 1.21. The van der Waals surface area contributed by atoms with Gasteiger partial charge in [0.1, 0.15) is 26.3 Å². The van der Waals surface area contributed by atoms with Gasteiger partial charge in [-0.3, -0.25) is 29.3 Å². The summed E-state index contributed by atoms with van der Waals surface area (Å²) in [7, 11) is -14.7. The van der Waals surface area contributed by atoms with E-state index in [4.69, 9.17) is 0 Å². The lowest BCUT2D eigenvalue weighted by Crippen LogP contribution is -2.11. The van der Waals surface area contributed by atoms with Crippen LogP contribution in [0.4, 0.5) is 54.8 Å². The van der Waals surface area contributed by atoms with Gasteiger partial charge in [0.2, 0.25) is 17.7 Å². The SMILES string of the molecule is Cc1cc(Nc2nc(F)nc(Nc3cc(Nc4cc(F)c([N+](=O)[O-])cc4[N+](=O)[O-])ccc3S(=O)(=O)O)n2)c(S(=O)(=O)O)cc1S(O)(O)O. The quantitative estimate of drug-likeness (QED) is 0.0593. The maximum absolute atomic E-state index is 14.5. The average Bonchev–Trinajstić information content (AvgIpc) is 2.90. The number of hydrogen-bond acceptors (Lipinski definition) is 17. The van der Waals surface area contributed by atoms with E-state index in [2.05, 4.69) is 30.9 Å². The van der Waals surface area contributed by atoms with Crippen LogP contribution in [0.1, 0.15) is 5.56 Å². The lowest BCUT2D eigenvalue weighted by atomic mass is 10.2. The fourth-order valence-corrected chi connectivity index (χ4v) is 6.13. The van der Waals surface area contributed by atoms with E-state index in [-0.39, 0.29) is 11.3 Å². The van der Waals surface area contributed by atoms with Crippen LogP contribution in [0.2, 0.25) is 0 Å². The van der Waals surface area contributed by atoms with Gasteiger partial charge < -0.3 is 29.6 Å². The molecule has 0 spiro atoms. The molecular weight excluding hydrogens is 718 g/mol. The zero-order valence-corrected chi connectivity index (χ0v) is 25.7. The predicted octanol–water partition coefficient (Wildman–Crippen LogP) is 4.58. The van der Waals surface area contributed by atoms with Crippen LogP contribution in [0.5, 0.6) is 0 Å². The zero-order chi connectivity index (χ0) is 35.9. The Kier molecular flexibility index (Phi) is 9.47. The van der Waals surface area contributed by atoms with E-state index in [1.54, 1.807) is 0 Å². The van der Waals surface area contributed by atoms with Gasteiger partial charge in [-0.25, -0.2) is 0 Å². The molecule has 0 radical (unpaired) electrons. The number of hydrogen-bond donors (Lipinski definition) is 8. The number of halogens is 2. The second kappa shape index (κ2) is 12.8. The molecule has 0 aliphatic rings. The summed E-state index contributed by atoms with van der Waals surface area (Å²) in [5, 5.41) is 29.4. The normalized spacial score (nSPS) is 12.3. The molecule has 3 aromatic carbocycles. The summed E-state index contributed by atoms with van der Waals surface area (Å²) in [6, 6.07) is 4.72. The van der Waals surface area contributed by atoms with Gasteiger partial charge in [-0.1, -0.05) is 0 Å². The highest BCUT2D eigenvalue weighted by Gasteiger charge is 2.27. The van der Waals surface area contributed by atoms with Crippen LogP contribution in [0, 0.1) is 39.0 Å². The largest absolute Gasteiger partial charge is 0.350 e. The van der Waals surface area contributed by atoms with Gasteiger partial charge in [0.15, 0.2) is 0 Å². The number of nitro groups is 2. The Balaban J connectivity index is 1.77. The van der Waals surface area contributed by atoms with Crippen LogP contribution in [-0.2, 0) is 20.2 Å². The van der Waals surface area contributed by atoms with Crippen molar-refractivity contribution in [2.75, 3.05) is 16.0 Å². The molecule has 4 aromatic rings. The Morgan fingerprint density at radius 1 is 0.667 bits per heavy atom. The second-order valence-corrected chi connectivity index (χ2v) is 13.5. The maximum Gasteiger partial charge on any atom is 0.315 e. The van der Waals surface area contributed by atoms with Crippen molar-refractivity contribution in [2.45, 2.75) is 21.6 Å². The minimum atomic E-state index is -5.16. The van der Waals surface area contributed by atoms with Crippen LogP contribution in [0.25, 0.3) is 0 Å². The molecule has 0 aliphatic heterocycles. The van der Waals surface area contributed by atoms with Crippen LogP contribution in [0.3, 0.4) is 0 Å². The average molecular weight is 737 g/mol. The zero-order valence-electron chi connectivity index (χ0n) is 23.3. The Labute approximate surface area is 267 Å². The number of rotatable bonds is 11. The highest BCUT2D eigenvalue weighted by molar-refractivity contribution is 8.19. The molecule has 21 nitrogen and oxygen atoms in total. The lowest BCUT2D eigenvalue weighted by Gasteiger charge is -2.23. The molecule has 0 amide bonds. The standard InChI is InChI=1S/C22H18F2N8O13S3/c1-9-4-13(19(48(43,44)45)8-18(9)47(40,41)42)26-21-28-20(24)29-22(30-21)27-14-5-10(2-3-17(14)46(37,38)39)25-12-6-11(23)15(31(33)34)7-16(12)32(35)36/h2-8,25,40-42H,1H3,(H,37,38,39)(H,43,44,45)(H2,26,27,28,29,30). The van der Waals surface area contributed by atoms with E-state index in [1.807, 2.05) is 0 Å². The van der Waals surface area contributed by atoms with Crippen LogP contribution in [0.15, 0.2) is 57.2 Å². The first-order valence-electron chi connectivity index (χ1n) is 12.1. The van der Waals surface area contributed by atoms with Crippen molar-refractivity contribution in [3.63, 3.8) is 0 Å². The van der Waals surface area contributed by atoms with Gasteiger partial charge >= 0.3 is 11.8 Å². The molecule has 256 valence electrons. The Hall–Kier alpha value is -5.22. The third-order valence-corrected chi connectivity index (χ3v) is 8.78. The summed E-state index contributed by atoms with van der Waals surface area (Å²) in [6.07, 6.45) is -1.57. The van der Waals surface area contributed by atoms with Crippen molar-refractivity contribution in [2.24, 2.45) is 0 Å². The Morgan fingerprint density at radius 3 is 1.71 bits per heavy atom. The van der Waals surface area contributed by atoms with Gasteiger partial charge in [0, 0.05) is 11.8 Å². The molecule has 0 atom stereocenters. The number of nitro benzene ring substituents is 2. The predicted molar refractivity (Wildman–Crippen MR) is 160 cm³/mol. The van der Waals surface area contributed by atoms with E-state index in [9.17, 15) is 68.6 Å². The van der Waals surface area contributed by atoms with Crippen molar-refractivity contribution in [3.05, 3.63) is 80.2 Å². The second-order valence-electron chi connectivity index (χ2n) is 9.26. The smallest absolute Gasteiger partial charge is 0.315 e. The number of aromatic nitrogens is 3. The monoisotopic (exact) mass is 736 g/mol. The van der Waals surface area contributed by atoms with E-state index in [0.717, 1.165) is 24.3 Å². The number of nitrogens with zero attached hydrogens (tertiary/aromatic N) is 5. The number of benzene rings is 3. The molecule has 0 bridgehead atoms. The highest BCUT2D eigenvalue weighted by atomic mass is 32.3. The van der Waals surface area contributed by atoms with Crippen molar-refractivity contribution in [1.82, 2.24) is 15.0 Å². The first-order valence-corrected chi connectivity index (χ1v) is 16.5. The fraction of sp³-hybridized carbons (Fsp3) is 0.0455. The first-order chi connectivity index (χ1) is 22.0. The van der Waals surface area contributed by atoms with Gasteiger partial charge in [0.05, 0.1) is 32.2 Å². The molecule has 8 N–H and O–H groups in total. The summed E-state index contributed by atoms with van der Waals surface area (Å²) >= 11 is 0. The molecule has 0 saturated carbocycles. The van der Waals surface area contributed by atoms with Gasteiger partial charge in [-0.05, 0) is 42.8 Å². The van der Waals surface area contributed by atoms with Gasteiger partial charge in [-0.2, -0.15) is 40.6 Å². The van der Waals surface area contributed by atoms with Gasteiger partial charge in [-0.15, -0.1) is 0 Å². The number of aryl methyl sites for hydroxylation is 1. The summed E-state index contributed by atoms with van der Waals surface area (Å²) in [5.74, 6) is -3.07. The van der Waals surface area contributed by atoms with Crippen molar-refractivity contribution in [3.8, 4) is 0 Å². The summed E-state index contributed by atoms with van der Waals surface area (Å²) in [4.78, 5) is 28.0. The van der Waals surface area contributed by atoms with Crippen LogP contribution >= 0.6 is 10.9 Å². The van der Waals surface area contributed by atoms with Crippen LogP contribution < -0.4 is 16.0 Å². The molecule has 26 heteroatoms. The molecule has 1 heterocycles. The maximum atomic E-state index is 14.5. The number of nitrogens with one attached hydrogen (secondary N) is 3. The summed E-state index contributed by atoms with van der Waals surface area (Å²) in [5.41, 5.74) is -4.37. The third-order valence-electron chi connectivity index (χ3n) is 5.95. The van der Waals surface area contributed by atoms with Crippen molar-refractivity contribution in [1.29, 1.82) is 0 Å². The Bertz CT molecular complexity index is 2220. The van der Waals surface area contributed by atoms with Gasteiger partial charge in [0.25, 0.3) is 25.9 Å². The molecular formula is C22H18F2N8O13S3. The first kappa shape index (κ1) is 35.6. The fourth-order valence-electron chi connectivity index (χ4n) is 4.01. The topological polar surface area (TPSA) is 330 Å². The van der Waals surface area contributed by atoms with Crippen molar-refractivity contribution < 1.29 is 58.2 Å². The molecule has 0 saturated heterocycles. The minimum Gasteiger partial charge on any atom is -0.350 e. The van der Waals surface area contributed by atoms with Crippen LogP contribution in [-0.4, -0.2) is 64.4 Å². The van der Waals surface area contributed by atoms with E-state index in [1.165, 1.54) is 6.92 Å². The van der Waals surface area contributed by atoms with E-state index < -0.39 is 108 Å². The Morgan fingerprint density at radius 2 is 1.21 bits per heavy atom. The number of anilines is 6. The summed E-state index contributed by atoms with van der Waals surface area (Å²) < 4.78 is 125. The molecule has 1 aromatic heterocycles. The molecule has 0 fully saturated rings. The molecule has 0 aliphatic carbocycles. The van der Waals surface area contributed by atoms with E-state index >= 15 is 0 Å². The third kappa shape index (κ3) is 8.01. The van der Waals surface area contributed by atoms with Crippen molar-refractivity contribution >= 4 is 77.1 Å². The molecule has 4 rings (SSSR count). The molecule has 48 heavy (non-hydrogen) atoms. The molecule has 0 unspecified atom stereocenters.